The highest BCUT2D eigenvalue weighted by atomic mass is 32.2. The lowest BCUT2D eigenvalue weighted by molar-refractivity contribution is -0.120. The summed E-state index contributed by atoms with van der Waals surface area (Å²) in [4.78, 5) is 19.0. The molecule has 5 rings (SSSR count). The molecule has 2 fully saturated rings. The third-order valence-electron chi connectivity index (χ3n) is 6.70. The van der Waals surface area contributed by atoms with Crippen molar-refractivity contribution in [3.05, 3.63) is 41.1 Å². The van der Waals surface area contributed by atoms with E-state index in [2.05, 4.69) is 15.5 Å². The third-order valence-corrected chi connectivity index (χ3v) is 9.87. The summed E-state index contributed by atoms with van der Waals surface area (Å²) < 4.78 is 39.1. The number of sulfonamides is 1. The predicted octanol–water partition coefficient (Wildman–Crippen LogP) is 4.42. The van der Waals surface area contributed by atoms with Crippen LogP contribution in [0.1, 0.15) is 48.8 Å². The number of piperidine rings is 1. The fraction of sp³-hybridized carbons (Fsp3) is 0.458. The number of carbonyl (C=O) groups excluding carboxylic acids is 1. The van der Waals surface area contributed by atoms with Gasteiger partial charge in [0.25, 0.3) is 0 Å². The van der Waals surface area contributed by atoms with Crippen LogP contribution in [0, 0.1) is 12.8 Å². The molecule has 3 heterocycles. The number of methoxy groups -OCH3 is 1. The van der Waals surface area contributed by atoms with E-state index in [0.29, 0.717) is 58.2 Å². The summed E-state index contributed by atoms with van der Waals surface area (Å²) in [5.74, 6) is 1.37. The molecule has 1 N–H and O–H groups in total. The first-order chi connectivity index (χ1) is 16.8. The van der Waals surface area contributed by atoms with Gasteiger partial charge >= 0.3 is 0 Å². The lowest BCUT2D eigenvalue weighted by atomic mass is 9.85. The maximum atomic E-state index is 13.6. The van der Waals surface area contributed by atoms with E-state index < -0.39 is 15.9 Å². The smallest absolute Gasteiger partial charge is 0.244 e. The highest BCUT2D eigenvalue weighted by molar-refractivity contribution is 7.89. The second kappa shape index (κ2) is 9.71. The van der Waals surface area contributed by atoms with Crippen molar-refractivity contribution < 1.29 is 22.5 Å². The Morgan fingerprint density at radius 1 is 1.23 bits per heavy atom. The van der Waals surface area contributed by atoms with E-state index in [4.69, 9.17) is 9.26 Å². The first-order valence-electron chi connectivity index (χ1n) is 11.7. The Morgan fingerprint density at radius 2 is 2.06 bits per heavy atom. The zero-order valence-electron chi connectivity index (χ0n) is 19.7. The van der Waals surface area contributed by atoms with Crippen molar-refractivity contribution in [2.24, 2.45) is 5.92 Å². The number of ether oxygens (including phenoxy) is 1. The van der Waals surface area contributed by atoms with E-state index >= 15 is 0 Å². The molecule has 0 unspecified atom stereocenters. The Kier molecular flexibility index (Phi) is 6.65. The molecule has 1 aliphatic heterocycles. The minimum absolute atomic E-state index is 0.136. The first-order valence-corrected chi connectivity index (χ1v) is 14.0. The molecule has 1 aromatic carbocycles. The van der Waals surface area contributed by atoms with Gasteiger partial charge in [-0.3, -0.25) is 4.79 Å². The summed E-state index contributed by atoms with van der Waals surface area (Å²) in [5.41, 5.74) is 0.619. The van der Waals surface area contributed by atoms with Crippen molar-refractivity contribution in [2.75, 3.05) is 25.5 Å². The topological polar surface area (TPSA) is 115 Å². The van der Waals surface area contributed by atoms with Crippen LogP contribution in [0.2, 0.25) is 0 Å². The molecule has 1 saturated heterocycles. The lowest BCUT2D eigenvalue weighted by Gasteiger charge is -2.31. The molecule has 0 bridgehead atoms. The van der Waals surface area contributed by atoms with Crippen LogP contribution in [-0.2, 0) is 14.8 Å². The summed E-state index contributed by atoms with van der Waals surface area (Å²) >= 11 is 1.34. The highest BCUT2D eigenvalue weighted by Crippen LogP contribution is 2.38. The molecule has 1 amide bonds. The number of rotatable bonds is 7. The van der Waals surface area contributed by atoms with Gasteiger partial charge in [-0.25, -0.2) is 8.42 Å². The molecule has 1 atom stereocenters. The standard InChI is InChI=1S/C24H28N4O5S2/c1-15-21(13-20(34-15)22-26-24(33-27-22)16-6-3-7-16)35(30,31)28-11-5-8-17(14-28)23(29)25-18-9-4-10-19(12-18)32-2/h4,9-10,12-13,16-17H,3,5-8,11,14H2,1-2H3,(H,25,29)/t17-/m1/s1. The van der Waals surface area contributed by atoms with E-state index in [-0.39, 0.29) is 17.3 Å². The summed E-state index contributed by atoms with van der Waals surface area (Å²) in [7, 11) is -2.21. The van der Waals surface area contributed by atoms with Gasteiger partial charge in [-0.2, -0.15) is 9.29 Å². The molecule has 35 heavy (non-hydrogen) atoms. The summed E-state index contributed by atoms with van der Waals surface area (Å²) in [6.07, 6.45) is 4.50. The van der Waals surface area contributed by atoms with Gasteiger partial charge in [-0.15, -0.1) is 11.3 Å². The molecule has 3 aromatic rings. The van der Waals surface area contributed by atoms with Crippen LogP contribution >= 0.6 is 11.3 Å². The van der Waals surface area contributed by atoms with Crippen LogP contribution in [0.15, 0.2) is 39.8 Å². The highest BCUT2D eigenvalue weighted by Gasteiger charge is 2.35. The number of anilines is 1. The van der Waals surface area contributed by atoms with Gasteiger partial charge in [0.15, 0.2) is 0 Å². The molecule has 9 nitrogen and oxygen atoms in total. The van der Waals surface area contributed by atoms with Crippen molar-refractivity contribution in [3.8, 4) is 16.5 Å². The molecular weight excluding hydrogens is 488 g/mol. The van der Waals surface area contributed by atoms with Crippen LogP contribution in [-0.4, -0.2) is 49.0 Å². The maximum absolute atomic E-state index is 13.6. The zero-order chi connectivity index (χ0) is 24.6. The van der Waals surface area contributed by atoms with Gasteiger partial charge in [0.2, 0.25) is 27.6 Å². The Balaban J connectivity index is 1.31. The number of carbonyl (C=O) groups is 1. The SMILES string of the molecule is COc1cccc(NC(=O)[C@@H]2CCCN(S(=O)(=O)c3cc(-c4noc(C5CCC5)n4)sc3C)C2)c1. The number of hydrogen-bond donors (Lipinski definition) is 1. The second-order valence-electron chi connectivity index (χ2n) is 9.04. The first kappa shape index (κ1) is 24.0. The molecule has 11 heteroatoms. The number of aryl methyl sites for hydroxylation is 1. The molecule has 2 aromatic heterocycles. The Hall–Kier alpha value is -2.76. The Bertz CT molecular complexity index is 1330. The Morgan fingerprint density at radius 3 is 2.80 bits per heavy atom. The van der Waals surface area contributed by atoms with Crippen LogP contribution in [0.4, 0.5) is 5.69 Å². The maximum Gasteiger partial charge on any atom is 0.244 e. The van der Waals surface area contributed by atoms with Gasteiger partial charge in [0.05, 0.1) is 22.8 Å². The number of aromatic nitrogens is 2. The van der Waals surface area contributed by atoms with Crippen LogP contribution < -0.4 is 10.1 Å². The largest absolute Gasteiger partial charge is 0.497 e. The van der Waals surface area contributed by atoms with E-state index in [1.807, 2.05) is 0 Å². The van der Waals surface area contributed by atoms with Crippen LogP contribution in [0.25, 0.3) is 10.7 Å². The van der Waals surface area contributed by atoms with Crippen molar-refractivity contribution in [2.45, 2.75) is 49.8 Å². The van der Waals surface area contributed by atoms with Crippen LogP contribution in [0.3, 0.4) is 0 Å². The minimum atomic E-state index is -3.78. The van der Waals surface area contributed by atoms with Crippen molar-refractivity contribution in [1.29, 1.82) is 0 Å². The fourth-order valence-electron chi connectivity index (χ4n) is 4.45. The van der Waals surface area contributed by atoms with E-state index in [1.54, 1.807) is 44.4 Å². The van der Waals surface area contributed by atoms with Gasteiger partial charge < -0.3 is 14.6 Å². The number of nitrogens with one attached hydrogen (secondary N) is 1. The van der Waals surface area contributed by atoms with Crippen molar-refractivity contribution >= 4 is 33.0 Å². The molecule has 0 radical (unpaired) electrons. The summed E-state index contributed by atoms with van der Waals surface area (Å²) in [5, 5.41) is 6.97. The normalized spacial score (nSPS) is 19.3. The number of thiophene rings is 1. The number of nitrogens with zero attached hydrogens (tertiary/aromatic N) is 3. The van der Waals surface area contributed by atoms with Gasteiger partial charge in [0.1, 0.15) is 5.75 Å². The molecule has 1 aliphatic carbocycles. The fourth-order valence-corrected chi connectivity index (χ4v) is 7.46. The number of amides is 1. The summed E-state index contributed by atoms with van der Waals surface area (Å²) in [6.45, 7) is 2.30. The van der Waals surface area contributed by atoms with E-state index in [9.17, 15) is 13.2 Å². The average Bonchev–Trinajstić information content (AvgIpc) is 3.45. The lowest BCUT2D eigenvalue weighted by Crippen LogP contribution is -2.43. The Labute approximate surface area is 208 Å². The zero-order valence-corrected chi connectivity index (χ0v) is 21.3. The minimum Gasteiger partial charge on any atom is -0.497 e. The molecular formula is C24H28N4O5S2. The number of hydrogen-bond acceptors (Lipinski definition) is 8. The van der Waals surface area contributed by atoms with Gasteiger partial charge in [-0.05, 0) is 50.8 Å². The van der Waals surface area contributed by atoms with Crippen molar-refractivity contribution in [3.63, 3.8) is 0 Å². The van der Waals surface area contributed by atoms with Gasteiger partial charge in [0, 0.05) is 35.6 Å². The van der Waals surface area contributed by atoms with Gasteiger partial charge in [-0.1, -0.05) is 17.6 Å². The monoisotopic (exact) mass is 516 g/mol. The number of benzene rings is 1. The average molecular weight is 517 g/mol. The van der Waals surface area contributed by atoms with E-state index in [0.717, 1.165) is 19.3 Å². The molecule has 0 spiro atoms. The van der Waals surface area contributed by atoms with E-state index in [1.165, 1.54) is 15.6 Å². The molecule has 186 valence electrons. The van der Waals surface area contributed by atoms with Crippen molar-refractivity contribution in [1.82, 2.24) is 14.4 Å². The second-order valence-corrected chi connectivity index (χ2v) is 12.2. The quantitative estimate of drug-likeness (QED) is 0.494. The summed E-state index contributed by atoms with van der Waals surface area (Å²) in [6, 6.07) is 8.74. The third kappa shape index (κ3) is 4.85. The molecule has 2 aliphatic rings. The molecule has 1 saturated carbocycles. The predicted molar refractivity (Wildman–Crippen MR) is 132 cm³/mol. The van der Waals surface area contributed by atoms with Crippen LogP contribution in [0.5, 0.6) is 5.75 Å².